The number of nitrogens with two attached hydrogens (primary N) is 1. The maximum absolute atomic E-state index is 5.55. The SMILES string of the molecule is Cc1cc(CCN)cnc1SC1CCOCC1. The zero-order valence-corrected chi connectivity index (χ0v) is 11.1. The van der Waals surface area contributed by atoms with Gasteiger partial charge in [0.15, 0.2) is 0 Å². The molecule has 1 aromatic rings. The van der Waals surface area contributed by atoms with Crippen LogP contribution in [-0.4, -0.2) is 30.0 Å². The summed E-state index contributed by atoms with van der Waals surface area (Å²) >= 11 is 1.90. The molecule has 1 aliphatic rings. The minimum Gasteiger partial charge on any atom is -0.381 e. The lowest BCUT2D eigenvalue weighted by atomic mass is 10.2. The Balaban J connectivity index is 2.00. The van der Waals surface area contributed by atoms with Gasteiger partial charge in [-0.2, -0.15) is 0 Å². The number of aryl methyl sites for hydroxylation is 1. The molecule has 0 bridgehead atoms. The van der Waals surface area contributed by atoms with E-state index in [0.29, 0.717) is 11.8 Å². The fourth-order valence-electron chi connectivity index (χ4n) is 2.00. The van der Waals surface area contributed by atoms with E-state index in [1.54, 1.807) is 0 Å². The summed E-state index contributed by atoms with van der Waals surface area (Å²) in [5.74, 6) is 0. The minimum absolute atomic E-state index is 0.662. The molecule has 1 saturated heterocycles. The number of thioether (sulfide) groups is 1. The second-order valence-corrected chi connectivity index (χ2v) is 5.72. The van der Waals surface area contributed by atoms with E-state index in [2.05, 4.69) is 18.0 Å². The highest BCUT2D eigenvalue weighted by molar-refractivity contribution is 7.99. The van der Waals surface area contributed by atoms with Crippen molar-refractivity contribution in [1.82, 2.24) is 4.98 Å². The van der Waals surface area contributed by atoms with E-state index in [9.17, 15) is 0 Å². The molecular weight excluding hydrogens is 232 g/mol. The first-order chi connectivity index (χ1) is 8.29. The second-order valence-electron chi connectivity index (χ2n) is 4.43. The van der Waals surface area contributed by atoms with Crippen molar-refractivity contribution in [3.05, 3.63) is 23.4 Å². The average Bonchev–Trinajstić information content (AvgIpc) is 2.34. The summed E-state index contributed by atoms with van der Waals surface area (Å²) in [6.45, 7) is 4.60. The summed E-state index contributed by atoms with van der Waals surface area (Å²) in [6.07, 6.45) is 5.14. The van der Waals surface area contributed by atoms with Crippen molar-refractivity contribution >= 4 is 11.8 Å². The Labute approximate surface area is 107 Å². The van der Waals surface area contributed by atoms with E-state index in [1.165, 1.54) is 11.1 Å². The molecule has 3 nitrogen and oxygen atoms in total. The number of rotatable bonds is 4. The molecule has 0 amide bonds. The molecule has 2 rings (SSSR count). The Morgan fingerprint density at radius 2 is 2.24 bits per heavy atom. The first-order valence-corrected chi connectivity index (χ1v) is 7.07. The van der Waals surface area contributed by atoms with Crippen molar-refractivity contribution in [1.29, 1.82) is 0 Å². The molecule has 1 aromatic heterocycles. The zero-order chi connectivity index (χ0) is 12.1. The summed E-state index contributed by atoms with van der Waals surface area (Å²) in [7, 11) is 0. The molecule has 0 spiro atoms. The van der Waals surface area contributed by atoms with Crippen LogP contribution in [0.2, 0.25) is 0 Å². The van der Waals surface area contributed by atoms with Gasteiger partial charge in [-0.25, -0.2) is 4.98 Å². The maximum atomic E-state index is 5.55. The summed E-state index contributed by atoms with van der Waals surface area (Å²) in [4.78, 5) is 4.56. The van der Waals surface area contributed by atoms with Crippen molar-refractivity contribution in [3.8, 4) is 0 Å². The van der Waals surface area contributed by atoms with Gasteiger partial charge in [-0.05, 0) is 43.9 Å². The summed E-state index contributed by atoms with van der Waals surface area (Å²) in [5, 5.41) is 1.83. The first kappa shape index (κ1) is 12.9. The number of ether oxygens (including phenoxy) is 1. The average molecular weight is 252 g/mol. The molecular formula is C13H20N2OS. The molecule has 0 aromatic carbocycles. The third kappa shape index (κ3) is 3.69. The molecule has 0 radical (unpaired) electrons. The number of hydrogen-bond donors (Lipinski definition) is 1. The van der Waals surface area contributed by atoms with Gasteiger partial charge in [-0.15, -0.1) is 11.8 Å². The van der Waals surface area contributed by atoms with Crippen LogP contribution in [0.4, 0.5) is 0 Å². The highest BCUT2D eigenvalue weighted by Gasteiger charge is 2.16. The van der Waals surface area contributed by atoms with Crippen molar-refractivity contribution in [2.75, 3.05) is 19.8 Å². The van der Waals surface area contributed by atoms with Gasteiger partial charge in [0.25, 0.3) is 0 Å². The third-order valence-electron chi connectivity index (χ3n) is 2.97. The number of aromatic nitrogens is 1. The van der Waals surface area contributed by atoms with Crippen LogP contribution in [0.1, 0.15) is 24.0 Å². The third-order valence-corrected chi connectivity index (χ3v) is 4.42. The Morgan fingerprint density at radius 1 is 1.47 bits per heavy atom. The molecule has 0 unspecified atom stereocenters. The highest BCUT2D eigenvalue weighted by Crippen LogP contribution is 2.30. The van der Waals surface area contributed by atoms with Gasteiger partial charge in [-0.3, -0.25) is 0 Å². The molecule has 4 heteroatoms. The fraction of sp³-hybridized carbons (Fsp3) is 0.615. The summed E-state index contributed by atoms with van der Waals surface area (Å²) in [6, 6.07) is 2.21. The van der Waals surface area contributed by atoms with Crippen LogP contribution >= 0.6 is 11.8 Å². The Morgan fingerprint density at radius 3 is 2.88 bits per heavy atom. The van der Waals surface area contributed by atoms with E-state index >= 15 is 0 Å². The van der Waals surface area contributed by atoms with Crippen LogP contribution in [0.5, 0.6) is 0 Å². The summed E-state index contributed by atoms with van der Waals surface area (Å²) < 4.78 is 5.37. The molecule has 1 aliphatic heterocycles. The van der Waals surface area contributed by atoms with Gasteiger partial charge >= 0.3 is 0 Å². The van der Waals surface area contributed by atoms with E-state index in [-0.39, 0.29) is 0 Å². The highest BCUT2D eigenvalue weighted by atomic mass is 32.2. The number of hydrogen-bond acceptors (Lipinski definition) is 4. The molecule has 17 heavy (non-hydrogen) atoms. The second kappa shape index (κ2) is 6.38. The van der Waals surface area contributed by atoms with Crippen LogP contribution in [0.15, 0.2) is 17.3 Å². The van der Waals surface area contributed by atoms with Gasteiger partial charge in [-0.1, -0.05) is 6.07 Å². The number of pyridine rings is 1. The fourth-order valence-corrected chi connectivity index (χ4v) is 3.10. The van der Waals surface area contributed by atoms with Crippen LogP contribution in [-0.2, 0) is 11.2 Å². The maximum Gasteiger partial charge on any atom is 0.0991 e. The van der Waals surface area contributed by atoms with Gasteiger partial charge in [0.1, 0.15) is 0 Å². The van der Waals surface area contributed by atoms with Crippen LogP contribution in [0, 0.1) is 6.92 Å². The Hall–Kier alpha value is -0.580. The normalized spacial score (nSPS) is 17.3. The van der Waals surface area contributed by atoms with E-state index in [1.807, 2.05) is 18.0 Å². The predicted octanol–water partition coefficient (Wildman–Crippen LogP) is 2.16. The molecule has 1 fully saturated rings. The zero-order valence-electron chi connectivity index (χ0n) is 10.3. The quantitative estimate of drug-likeness (QED) is 0.892. The van der Waals surface area contributed by atoms with Crippen molar-refractivity contribution in [2.24, 2.45) is 5.73 Å². The Kier molecular flexibility index (Phi) is 4.83. The van der Waals surface area contributed by atoms with Crippen LogP contribution < -0.4 is 5.73 Å². The summed E-state index contributed by atoms with van der Waals surface area (Å²) in [5.41, 5.74) is 8.06. The lowest BCUT2D eigenvalue weighted by Crippen LogP contribution is -2.17. The predicted molar refractivity (Wildman–Crippen MR) is 71.4 cm³/mol. The van der Waals surface area contributed by atoms with Crippen molar-refractivity contribution in [3.63, 3.8) is 0 Å². The van der Waals surface area contributed by atoms with E-state index < -0.39 is 0 Å². The molecule has 94 valence electrons. The molecule has 0 saturated carbocycles. The van der Waals surface area contributed by atoms with Gasteiger partial charge in [0.2, 0.25) is 0 Å². The largest absolute Gasteiger partial charge is 0.381 e. The van der Waals surface area contributed by atoms with Crippen molar-refractivity contribution in [2.45, 2.75) is 36.5 Å². The van der Waals surface area contributed by atoms with Gasteiger partial charge in [0.05, 0.1) is 5.03 Å². The first-order valence-electron chi connectivity index (χ1n) is 6.19. The minimum atomic E-state index is 0.662. The molecule has 0 aliphatic carbocycles. The van der Waals surface area contributed by atoms with Crippen molar-refractivity contribution < 1.29 is 4.74 Å². The molecule has 2 N–H and O–H groups in total. The standard InChI is InChI=1S/C13H20N2OS/c1-10-8-11(2-5-14)9-15-13(10)17-12-3-6-16-7-4-12/h8-9,12H,2-7,14H2,1H3. The lowest BCUT2D eigenvalue weighted by molar-refractivity contribution is 0.1000. The topological polar surface area (TPSA) is 48.1 Å². The Bertz CT molecular complexity index is 364. The van der Waals surface area contributed by atoms with E-state index in [0.717, 1.165) is 37.5 Å². The molecule has 0 atom stereocenters. The monoisotopic (exact) mass is 252 g/mol. The van der Waals surface area contributed by atoms with Crippen LogP contribution in [0.3, 0.4) is 0 Å². The van der Waals surface area contributed by atoms with E-state index in [4.69, 9.17) is 10.5 Å². The van der Waals surface area contributed by atoms with Gasteiger partial charge in [0, 0.05) is 24.7 Å². The van der Waals surface area contributed by atoms with Crippen LogP contribution in [0.25, 0.3) is 0 Å². The lowest BCUT2D eigenvalue weighted by Gasteiger charge is -2.21. The number of nitrogens with zero attached hydrogens (tertiary/aromatic N) is 1. The molecule has 2 heterocycles. The van der Waals surface area contributed by atoms with Gasteiger partial charge < -0.3 is 10.5 Å². The smallest absolute Gasteiger partial charge is 0.0991 e.